The van der Waals surface area contributed by atoms with Crippen molar-refractivity contribution in [3.63, 3.8) is 0 Å². The molecule has 0 unspecified atom stereocenters. The van der Waals surface area contributed by atoms with Crippen LogP contribution in [0.3, 0.4) is 0 Å². The number of rotatable bonds is 2. The first-order chi connectivity index (χ1) is 10.1. The molecule has 110 valence electrons. The van der Waals surface area contributed by atoms with E-state index >= 15 is 0 Å². The van der Waals surface area contributed by atoms with Crippen LogP contribution in [0.4, 0.5) is 11.4 Å². The zero-order chi connectivity index (χ0) is 15.0. The fourth-order valence-corrected chi connectivity index (χ4v) is 2.60. The number of hydrogen-bond acceptors (Lipinski definition) is 5. The van der Waals surface area contributed by atoms with Gasteiger partial charge in [0, 0.05) is 44.5 Å². The minimum Gasteiger partial charge on any atom is -0.465 e. The van der Waals surface area contributed by atoms with Crippen molar-refractivity contribution in [2.75, 3.05) is 37.5 Å². The third kappa shape index (κ3) is 2.33. The molecule has 2 aromatic rings. The summed E-state index contributed by atoms with van der Waals surface area (Å²) in [5.74, 6) is -0.341. The smallest absolute Gasteiger partial charge is 0.338 e. The van der Waals surface area contributed by atoms with Crippen LogP contribution in [0.5, 0.6) is 0 Å². The third-order valence-corrected chi connectivity index (χ3v) is 3.73. The number of hydrogen-bond donors (Lipinski definition) is 1. The summed E-state index contributed by atoms with van der Waals surface area (Å²) < 4.78 is 6.64. The molecule has 1 N–H and O–H groups in total. The lowest BCUT2D eigenvalue weighted by Crippen LogP contribution is -2.30. The van der Waals surface area contributed by atoms with Gasteiger partial charge in [0.1, 0.15) is 0 Å². The largest absolute Gasteiger partial charge is 0.465 e. The lowest BCUT2D eigenvalue weighted by Gasteiger charge is -2.29. The van der Waals surface area contributed by atoms with Gasteiger partial charge in [-0.2, -0.15) is 5.10 Å². The monoisotopic (exact) mass is 286 g/mol. The predicted octanol–water partition coefficient (Wildman–Crippen LogP) is 1.74. The van der Waals surface area contributed by atoms with Crippen LogP contribution in [0.2, 0.25) is 0 Å². The normalized spacial score (nSPS) is 13.6. The Kier molecular flexibility index (Phi) is 3.29. The zero-order valence-electron chi connectivity index (χ0n) is 12.4. The van der Waals surface area contributed by atoms with Crippen LogP contribution in [0.25, 0.3) is 11.1 Å². The second-order valence-electron chi connectivity index (χ2n) is 5.16. The Bertz CT molecular complexity index is 693. The number of fused-ring (bicyclic) bond motifs is 1. The molecular weight excluding hydrogens is 268 g/mol. The number of nitrogens with zero attached hydrogens (tertiary/aromatic N) is 3. The second-order valence-corrected chi connectivity index (χ2v) is 5.16. The Hall–Kier alpha value is -2.50. The van der Waals surface area contributed by atoms with Crippen molar-refractivity contribution in [1.82, 2.24) is 9.78 Å². The van der Waals surface area contributed by atoms with E-state index in [0.717, 1.165) is 35.6 Å². The molecule has 1 aromatic carbocycles. The highest BCUT2D eigenvalue weighted by molar-refractivity contribution is 6.00. The van der Waals surface area contributed by atoms with Gasteiger partial charge in [0.25, 0.3) is 0 Å². The summed E-state index contributed by atoms with van der Waals surface area (Å²) in [6, 6.07) is 3.88. The summed E-state index contributed by atoms with van der Waals surface area (Å²) in [4.78, 5) is 14.3. The number of aryl methyl sites for hydroxylation is 1. The van der Waals surface area contributed by atoms with Gasteiger partial charge in [-0.3, -0.25) is 4.68 Å². The van der Waals surface area contributed by atoms with Crippen molar-refractivity contribution in [3.05, 3.63) is 30.1 Å². The van der Waals surface area contributed by atoms with Crippen LogP contribution in [-0.4, -0.2) is 43.0 Å². The SMILES string of the molecule is COC(=O)c1cc2c(cc1-c1cnn(C)c1)N(C)CCN2. The van der Waals surface area contributed by atoms with Crippen LogP contribution < -0.4 is 10.2 Å². The molecule has 0 spiro atoms. The van der Waals surface area contributed by atoms with Gasteiger partial charge in [-0.1, -0.05) is 0 Å². The number of aromatic nitrogens is 2. The van der Waals surface area contributed by atoms with E-state index in [1.807, 2.05) is 32.4 Å². The lowest BCUT2D eigenvalue weighted by molar-refractivity contribution is 0.0601. The Morgan fingerprint density at radius 3 is 2.86 bits per heavy atom. The van der Waals surface area contributed by atoms with Gasteiger partial charge >= 0.3 is 5.97 Å². The molecule has 0 atom stereocenters. The molecule has 3 rings (SSSR count). The van der Waals surface area contributed by atoms with Gasteiger partial charge < -0.3 is 15.0 Å². The van der Waals surface area contributed by atoms with E-state index in [1.165, 1.54) is 7.11 Å². The molecule has 0 amide bonds. The maximum absolute atomic E-state index is 12.1. The number of benzene rings is 1. The predicted molar refractivity (Wildman–Crippen MR) is 81.7 cm³/mol. The van der Waals surface area contributed by atoms with Gasteiger partial charge in [0.15, 0.2) is 0 Å². The number of ether oxygens (including phenoxy) is 1. The van der Waals surface area contributed by atoms with E-state index in [9.17, 15) is 4.79 Å². The third-order valence-electron chi connectivity index (χ3n) is 3.73. The standard InChI is InChI=1S/C15H18N4O2/c1-18-5-4-16-13-6-12(15(20)21-3)11(7-14(13)18)10-8-17-19(2)9-10/h6-9,16H,4-5H2,1-3H3. The molecule has 0 saturated heterocycles. The fraction of sp³-hybridized carbons (Fsp3) is 0.333. The van der Waals surface area contributed by atoms with Crippen LogP contribution in [0.1, 0.15) is 10.4 Å². The molecule has 0 bridgehead atoms. The summed E-state index contributed by atoms with van der Waals surface area (Å²) in [6.07, 6.45) is 3.65. The number of methoxy groups -OCH3 is 1. The van der Waals surface area contributed by atoms with Crippen LogP contribution >= 0.6 is 0 Å². The summed E-state index contributed by atoms with van der Waals surface area (Å²) in [7, 11) is 5.30. The highest BCUT2D eigenvalue weighted by atomic mass is 16.5. The minimum absolute atomic E-state index is 0.341. The Balaban J connectivity index is 2.20. The average molecular weight is 286 g/mol. The van der Waals surface area contributed by atoms with Crippen molar-refractivity contribution in [1.29, 1.82) is 0 Å². The Morgan fingerprint density at radius 1 is 1.38 bits per heavy atom. The van der Waals surface area contributed by atoms with Gasteiger partial charge in [-0.15, -0.1) is 0 Å². The molecule has 2 heterocycles. The van der Waals surface area contributed by atoms with E-state index < -0.39 is 0 Å². The molecule has 0 fully saturated rings. The average Bonchev–Trinajstić information content (AvgIpc) is 2.92. The van der Waals surface area contributed by atoms with Gasteiger partial charge in [0.05, 0.1) is 30.2 Å². The maximum atomic E-state index is 12.1. The van der Waals surface area contributed by atoms with Crippen LogP contribution in [0, 0.1) is 0 Å². The number of esters is 1. The first-order valence-corrected chi connectivity index (χ1v) is 6.80. The molecule has 1 aliphatic rings. The molecule has 6 nitrogen and oxygen atoms in total. The minimum atomic E-state index is -0.341. The van der Waals surface area contributed by atoms with Crippen molar-refractivity contribution in [3.8, 4) is 11.1 Å². The van der Waals surface area contributed by atoms with Crippen LogP contribution in [0.15, 0.2) is 24.5 Å². The first kappa shape index (κ1) is 13.5. The van der Waals surface area contributed by atoms with E-state index in [0.29, 0.717) is 5.56 Å². The van der Waals surface area contributed by atoms with Crippen molar-refractivity contribution >= 4 is 17.3 Å². The Morgan fingerprint density at radius 2 is 2.19 bits per heavy atom. The summed E-state index contributed by atoms with van der Waals surface area (Å²) in [6.45, 7) is 1.79. The van der Waals surface area contributed by atoms with E-state index in [2.05, 4.69) is 15.3 Å². The number of carbonyl (C=O) groups excluding carboxylic acids is 1. The van der Waals surface area contributed by atoms with Crippen molar-refractivity contribution in [2.24, 2.45) is 7.05 Å². The highest BCUT2D eigenvalue weighted by Crippen LogP contribution is 2.36. The molecule has 0 radical (unpaired) electrons. The van der Waals surface area contributed by atoms with E-state index in [1.54, 1.807) is 10.9 Å². The quantitative estimate of drug-likeness (QED) is 0.852. The zero-order valence-corrected chi connectivity index (χ0v) is 12.4. The number of nitrogens with one attached hydrogen (secondary N) is 1. The fourth-order valence-electron chi connectivity index (χ4n) is 2.60. The second kappa shape index (κ2) is 5.12. The van der Waals surface area contributed by atoms with Gasteiger partial charge in [0.2, 0.25) is 0 Å². The topological polar surface area (TPSA) is 59.4 Å². The van der Waals surface area contributed by atoms with Crippen LogP contribution in [-0.2, 0) is 11.8 Å². The van der Waals surface area contributed by atoms with Gasteiger partial charge in [-0.25, -0.2) is 4.79 Å². The summed E-state index contributed by atoms with van der Waals surface area (Å²) in [5.41, 5.74) is 4.32. The molecule has 1 aliphatic heterocycles. The molecule has 1 aromatic heterocycles. The van der Waals surface area contributed by atoms with Crippen molar-refractivity contribution in [2.45, 2.75) is 0 Å². The summed E-state index contributed by atoms with van der Waals surface area (Å²) >= 11 is 0. The van der Waals surface area contributed by atoms with E-state index in [-0.39, 0.29) is 5.97 Å². The van der Waals surface area contributed by atoms with E-state index in [4.69, 9.17) is 4.74 Å². The highest BCUT2D eigenvalue weighted by Gasteiger charge is 2.21. The molecule has 21 heavy (non-hydrogen) atoms. The van der Waals surface area contributed by atoms with Gasteiger partial charge in [-0.05, 0) is 12.1 Å². The maximum Gasteiger partial charge on any atom is 0.338 e. The number of carbonyl (C=O) groups is 1. The Labute approximate surface area is 123 Å². The first-order valence-electron chi connectivity index (χ1n) is 6.80. The lowest BCUT2D eigenvalue weighted by atomic mass is 9.99. The number of anilines is 2. The molecule has 0 aliphatic carbocycles. The summed E-state index contributed by atoms with van der Waals surface area (Å²) in [5, 5.41) is 7.51. The molecule has 6 heteroatoms. The molecule has 0 saturated carbocycles. The molecular formula is C15H18N4O2. The van der Waals surface area contributed by atoms with Crippen molar-refractivity contribution < 1.29 is 9.53 Å². The number of likely N-dealkylation sites (N-methyl/N-ethyl adjacent to an activating group) is 1.